The van der Waals surface area contributed by atoms with Gasteiger partial charge in [-0.1, -0.05) is 16.9 Å². The number of amides is 2. The number of hydrogen-bond donors (Lipinski definition) is 5. The number of carboxylic acids is 1. The molecule has 2 aromatic rings. The van der Waals surface area contributed by atoms with Crippen molar-refractivity contribution in [2.45, 2.75) is 35.6 Å². The Kier molecular flexibility index (Phi) is 8.07. The average molecular weight is 551 g/mol. The molecule has 36 heavy (non-hydrogen) atoms. The zero-order valence-electron chi connectivity index (χ0n) is 18.7. The van der Waals surface area contributed by atoms with Crippen LogP contribution >= 0.6 is 35.1 Å². The van der Waals surface area contributed by atoms with Gasteiger partial charge in [0.1, 0.15) is 11.7 Å². The lowest BCUT2D eigenvalue weighted by atomic mass is 9.86. The molecular weight excluding hydrogens is 528 g/mol. The summed E-state index contributed by atoms with van der Waals surface area (Å²) in [4.78, 5) is 48.6. The van der Waals surface area contributed by atoms with Gasteiger partial charge in [-0.25, -0.2) is 4.79 Å². The monoisotopic (exact) mass is 550 g/mol. The Balaban J connectivity index is 1.51. The molecular formula is C20H22N8O5S3. The van der Waals surface area contributed by atoms with Crippen LogP contribution in [0.3, 0.4) is 0 Å². The van der Waals surface area contributed by atoms with Crippen LogP contribution in [0.15, 0.2) is 39.0 Å². The molecule has 0 saturated carbocycles. The Hall–Kier alpha value is -3.21. The number of pyridine rings is 1. The first kappa shape index (κ1) is 25.9. The molecule has 0 spiro atoms. The fourth-order valence-corrected chi connectivity index (χ4v) is 6.29. The van der Waals surface area contributed by atoms with E-state index in [0.717, 1.165) is 27.9 Å². The van der Waals surface area contributed by atoms with Crippen LogP contribution in [0.1, 0.15) is 24.4 Å². The van der Waals surface area contributed by atoms with E-state index in [1.165, 1.54) is 16.7 Å². The number of carboxylic acid groups (broad SMARTS) is 1. The number of anilines is 1. The van der Waals surface area contributed by atoms with E-state index in [4.69, 9.17) is 11.5 Å². The zero-order chi connectivity index (χ0) is 25.8. The Bertz CT molecular complexity index is 1250. The van der Waals surface area contributed by atoms with Crippen molar-refractivity contribution in [1.29, 1.82) is 0 Å². The van der Waals surface area contributed by atoms with E-state index in [1.54, 1.807) is 24.0 Å². The highest BCUT2D eigenvalue weighted by atomic mass is 32.2. The summed E-state index contributed by atoms with van der Waals surface area (Å²) in [5.41, 5.74) is 11.3. The van der Waals surface area contributed by atoms with E-state index in [2.05, 4.69) is 24.8 Å². The molecule has 2 aromatic heterocycles. The van der Waals surface area contributed by atoms with Crippen LogP contribution in [0, 0.1) is 0 Å². The van der Waals surface area contributed by atoms with Crippen LogP contribution in [0.25, 0.3) is 0 Å². The molecule has 2 aliphatic rings. The van der Waals surface area contributed by atoms with Gasteiger partial charge in [-0.3, -0.25) is 19.5 Å². The lowest BCUT2D eigenvalue weighted by Crippen LogP contribution is -2.72. The van der Waals surface area contributed by atoms with Crippen molar-refractivity contribution >= 4 is 63.7 Å². The number of nitrogens with two attached hydrogens (primary N) is 2. The molecule has 0 bridgehead atoms. The predicted molar refractivity (Wildman–Crippen MR) is 134 cm³/mol. The van der Waals surface area contributed by atoms with Crippen molar-refractivity contribution in [3.8, 4) is 0 Å². The molecule has 0 radical (unpaired) electrons. The van der Waals surface area contributed by atoms with Crippen LogP contribution in [0.2, 0.25) is 0 Å². The van der Waals surface area contributed by atoms with Gasteiger partial charge in [0.05, 0.1) is 11.7 Å². The molecule has 2 atom stereocenters. The first-order valence-electron chi connectivity index (χ1n) is 10.7. The Morgan fingerprint density at radius 3 is 2.86 bits per heavy atom. The predicted octanol–water partition coefficient (Wildman–Crippen LogP) is 0.463. The summed E-state index contributed by atoms with van der Waals surface area (Å²) in [5.74, 6) is -1.45. The van der Waals surface area contributed by atoms with E-state index in [0.29, 0.717) is 30.0 Å². The maximum absolute atomic E-state index is 13.0. The molecule has 16 heteroatoms. The Morgan fingerprint density at radius 1 is 1.39 bits per heavy atom. The van der Waals surface area contributed by atoms with Crippen LogP contribution in [0.5, 0.6) is 0 Å². The van der Waals surface area contributed by atoms with E-state index >= 15 is 0 Å². The van der Waals surface area contributed by atoms with Crippen molar-refractivity contribution in [3.63, 3.8) is 0 Å². The second-order valence-corrected chi connectivity index (χ2v) is 10.7. The largest absolute Gasteiger partial charge is 0.477 e. The van der Waals surface area contributed by atoms with Gasteiger partial charge in [0, 0.05) is 45.6 Å². The number of nitrogens with one attached hydrogen (secondary N) is 1. The zero-order valence-corrected chi connectivity index (χ0v) is 21.1. The summed E-state index contributed by atoms with van der Waals surface area (Å²) in [6.07, 6.45) is 2.50. The summed E-state index contributed by atoms with van der Waals surface area (Å²) < 4.78 is 3.83. The summed E-state index contributed by atoms with van der Waals surface area (Å²) >= 11 is 3.73. The number of hydrogen-bond acceptors (Lipinski definition) is 13. The van der Waals surface area contributed by atoms with Crippen LogP contribution in [0.4, 0.5) is 5.13 Å². The highest BCUT2D eigenvalue weighted by Gasteiger charge is 2.54. The van der Waals surface area contributed by atoms with E-state index < -0.39 is 35.6 Å². The smallest absolute Gasteiger partial charge is 0.353 e. The van der Waals surface area contributed by atoms with Gasteiger partial charge >= 0.3 is 5.97 Å². The third-order valence-electron chi connectivity index (χ3n) is 5.43. The maximum Gasteiger partial charge on any atom is 0.353 e. The SMILES string of the molecule is NCCSCc1ncccc1SC1=C(C(=O)O)N2C(=O)[C@@H](NC(=O)/C(=N\O)c3nsc(N)n3)[C@H]2CC1. The number of carbonyl (C=O) groups excluding carboxylic acids is 2. The minimum Gasteiger partial charge on any atom is -0.477 e. The van der Waals surface area contributed by atoms with E-state index in [1.807, 2.05) is 6.07 Å². The minimum atomic E-state index is -1.23. The lowest BCUT2D eigenvalue weighted by molar-refractivity contribution is -0.155. The average Bonchev–Trinajstić information content (AvgIpc) is 3.29. The van der Waals surface area contributed by atoms with Crippen LogP contribution in [-0.2, 0) is 20.1 Å². The number of rotatable bonds is 10. The highest BCUT2D eigenvalue weighted by molar-refractivity contribution is 8.03. The van der Waals surface area contributed by atoms with Gasteiger partial charge in [0.15, 0.2) is 5.13 Å². The van der Waals surface area contributed by atoms with Gasteiger partial charge in [-0.2, -0.15) is 21.1 Å². The molecule has 0 unspecified atom stereocenters. The second-order valence-electron chi connectivity index (χ2n) is 7.64. The van der Waals surface area contributed by atoms with Gasteiger partial charge in [-0.05, 0) is 25.0 Å². The number of oxime groups is 1. The number of β-lactam (4-membered cyclic amide) rings is 1. The molecule has 4 rings (SSSR count). The Labute approximate surface area is 217 Å². The molecule has 2 amide bonds. The van der Waals surface area contributed by atoms with Crippen molar-refractivity contribution in [2.75, 3.05) is 18.0 Å². The third-order valence-corrected chi connectivity index (χ3v) is 8.21. The Morgan fingerprint density at radius 2 is 2.19 bits per heavy atom. The number of thioether (sulfide) groups is 2. The summed E-state index contributed by atoms with van der Waals surface area (Å²) in [6.45, 7) is 0.546. The van der Waals surface area contributed by atoms with Crippen LogP contribution in [-0.4, -0.2) is 77.4 Å². The number of nitrogens with zero attached hydrogens (tertiary/aromatic N) is 5. The van der Waals surface area contributed by atoms with Crippen molar-refractivity contribution < 1.29 is 24.7 Å². The molecule has 4 heterocycles. The van der Waals surface area contributed by atoms with Gasteiger partial charge < -0.3 is 27.1 Å². The van der Waals surface area contributed by atoms with Crippen molar-refractivity contribution in [3.05, 3.63) is 40.5 Å². The summed E-state index contributed by atoms with van der Waals surface area (Å²) in [7, 11) is 0. The number of aliphatic carboxylic acids is 1. The summed E-state index contributed by atoms with van der Waals surface area (Å²) in [6, 6.07) is 2.11. The molecule has 13 nitrogen and oxygen atoms in total. The molecule has 1 saturated heterocycles. The normalized spacial score (nSPS) is 19.6. The quantitative estimate of drug-likeness (QED) is 0.0898. The molecule has 2 aliphatic heterocycles. The van der Waals surface area contributed by atoms with Gasteiger partial charge in [-0.15, -0.1) is 0 Å². The summed E-state index contributed by atoms with van der Waals surface area (Å²) in [5, 5.41) is 24.7. The molecule has 190 valence electrons. The third kappa shape index (κ3) is 5.16. The molecule has 0 aromatic carbocycles. The first-order valence-corrected chi connectivity index (χ1v) is 13.4. The minimum absolute atomic E-state index is 0.0770. The fraction of sp³-hybridized carbons (Fsp3) is 0.350. The molecule has 0 aliphatic carbocycles. The van der Waals surface area contributed by atoms with Gasteiger partial charge in [0.25, 0.3) is 11.8 Å². The molecule has 1 fully saturated rings. The first-order chi connectivity index (χ1) is 17.3. The number of aromatic nitrogens is 3. The van der Waals surface area contributed by atoms with E-state index in [9.17, 15) is 24.7 Å². The number of fused-ring (bicyclic) bond motifs is 1. The van der Waals surface area contributed by atoms with Crippen molar-refractivity contribution in [1.82, 2.24) is 24.6 Å². The number of allylic oxidation sites excluding steroid dienone is 1. The van der Waals surface area contributed by atoms with Gasteiger partial charge in [0.2, 0.25) is 11.5 Å². The van der Waals surface area contributed by atoms with Crippen LogP contribution < -0.4 is 16.8 Å². The second kappa shape index (κ2) is 11.2. The molecule has 7 N–H and O–H groups in total. The standard InChI is InChI=1S/C20H22N8O5S3/c21-5-7-34-8-9-11(2-1-6-23-9)35-12-4-3-10-13(18(30)28(10)15(12)19(31)32)24-17(29)14(26-33)16-25-20(22)36-27-16/h1-2,6,10,13,33H,3-5,7-8,21H2,(H,24,29)(H,31,32)(H2,22,25,27)/b26-14-/t10-,13+/m1/s1. The highest BCUT2D eigenvalue weighted by Crippen LogP contribution is 2.44. The fourth-order valence-electron chi connectivity index (χ4n) is 3.87. The van der Waals surface area contributed by atoms with Crippen molar-refractivity contribution in [2.24, 2.45) is 10.9 Å². The lowest BCUT2D eigenvalue weighted by Gasteiger charge is -2.50. The topological polar surface area (TPSA) is 210 Å². The maximum atomic E-state index is 13.0. The number of carbonyl (C=O) groups is 3. The van der Waals surface area contributed by atoms with E-state index in [-0.39, 0.29) is 16.7 Å². The number of nitrogen functional groups attached to an aromatic ring is 1.